The number of amides is 1. The van der Waals surface area contributed by atoms with E-state index in [0.717, 1.165) is 61.8 Å². The molecule has 6 nitrogen and oxygen atoms in total. The fourth-order valence-electron chi connectivity index (χ4n) is 3.74. The highest BCUT2D eigenvalue weighted by atomic mass is 32.1. The number of thiophene rings is 1. The van der Waals surface area contributed by atoms with E-state index in [-0.39, 0.29) is 5.91 Å². The van der Waals surface area contributed by atoms with E-state index in [4.69, 9.17) is 9.84 Å². The van der Waals surface area contributed by atoms with Gasteiger partial charge in [-0.2, -0.15) is 5.10 Å². The first-order valence-corrected chi connectivity index (χ1v) is 12.1. The molecule has 0 atom stereocenters. The van der Waals surface area contributed by atoms with E-state index in [1.54, 1.807) is 17.4 Å². The summed E-state index contributed by atoms with van der Waals surface area (Å²) in [5.41, 5.74) is 3.05. The van der Waals surface area contributed by atoms with Gasteiger partial charge in [0.25, 0.3) is 0 Å². The highest BCUT2D eigenvalue weighted by Crippen LogP contribution is 2.27. The molecule has 1 aromatic carbocycles. The molecule has 3 heterocycles. The second kappa shape index (κ2) is 11.8. The highest BCUT2D eigenvalue weighted by Gasteiger charge is 2.11. The third-order valence-electron chi connectivity index (χ3n) is 5.45. The van der Waals surface area contributed by atoms with E-state index in [1.807, 2.05) is 46.6 Å². The molecule has 1 fully saturated rings. The first-order chi connectivity index (χ1) is 15.8. The molecule has 168 valence electrons. The second-order valence-electron chi connectivity index (χ2n) is 7.88. The minimum absolute atomic E-state index is 0.0655. The molecule has 0 spiro atoms. The molecule has 4 rings (SSSR count). The fourth-order valence-corrected chi connectivity index (χ4v) is 4.47. The summed E-state index contributed by atoms with van der Waals surface area (Å²) in [4.78, 5) is 15.8. The maximum atomic E-state index is 12.3. The van der Waals surface area contributed by atoms with Gasteiger partial charge in [0.05, 0.1) is 24.6 Å². The number of rotatable bonds is 10. The Bertz CT molecular complexity index is 992. The van der Waals surface area contributed by atoms with Gasteiger partial charge in [-0.15, -0.1) is 11.3 Å². The Morgan fingerprint density at radius 1 is 1.12 bits per heavy atom. The van der Waals surface area contributed by atoms with Crippen LogP contribution in [0.2, 0.25) is 0 Å². The smallest absolute Gasteiger partial charge is 0.244 e. The highest BCUT2D eigenvalue weighted by molar-refractivity contribution is 7.13. The molecule has 1 saturated heterocycles. The molecular formula is C25H30N4O2S. The molecule has 0 aliphatic carbocycles. The molecule has 0 saturated carbocycles. The monoisotopic (exact) mass is 450 g/mol. The summed E-state index contributed by atoms with van der Waals surface area (Å²) >= 11 is 1.65. The number of benzene rings is 1. The Morgan fingerprint density at radius 2 is 1.97 bits per heavy atom. The summed E-state index contributed by atoms with van der Waals surface area (Å²) in [7, 11) is 0. The minimum Gasteiger partial charge on any atom is -0.379 e. The largest absolute Gasteiger partial charge is 0.379 e. The molecule has 32 heavy (non-hydrogen) atoms. The van der Waals surface area contributed by atoms with Crippen LogP contribution in [-0.2, 0) is 16.1 Å². The Morgan fingerprint density at radius 3 is 2.75 bits per heavy atom. The molecule has 1 aliphatic heterocycles. The average molecular weight is 451 g/mol. The van der Waals surface area contributed by atoms with Gasteiger partial charge < -0.3 is 10.1 Å². The van der Waals surface area contributed by atoms with Crippen LogP contribution in [0.1, 0.15) is 24.0 Å². The predicted octanol–water partition coefficient (Wildman–Crippen LogP) is 3.90. The van der Waals surface area contributed by atoms with Crippen LogP contribution in [0.15, 0.2) is 60.1 Å². The van der Waals surface area contributed by atoms with Gasteiger partial charge in [-0.25, -0.2) is 0 Å². The van der Waals surface area contributed by atoms with Crippen LogP contribution in [0, 0.1) is 0 Å². The first kappa shape index (κ1) is 22.5. The van der Waals surface area contributed by atoms with Crippen LogP contribution in [0.25, 0.3) is 16.6 Å². The van der Waals surface area contributed by atoms with Crippen LogP contribution in [-0.4, -0.2) is 60.0 Å². The van der Waals surface area contributed by atoms with E-state index < -0.39 is 0 Å². The van der Waals surface area contributed by atoms with Crippen LogP contribution < -0.4 is 5.32 Å². The topological polar surface area (TPSA) is 59.4 Å². The molecule has 7 heteroatoms. The van der Waals surface area contributed by atoms with Crippen molar-refractivity contribution in [2.45, 2.75) is 19.4 Å². The number of ether oxygens (including phenoxy) is 1. The number of carbonyl (C=O) groups excluding carboxylic acids is 1. The second-order valence-corrected chi connectivity index (χ2v) is 8.83. The van der Waals surface area contributed by atoms with Crippen LogP contribution in [0.4, 0.5) is 0 Å². The van der Waals surface area contributed by atoms with Crippen molar-refractivity contribution in [1.82, 2.24) is 20.0 Å². The summed E-state index contributed by atoms with van der Waals surface area (Å²) in [6.07, 6.45) is 7.55. The Labute approximate surface area is 193 Å². The van der Waals surface area contributed by atoms with Crippen molar-refractivity contribution in [3.8, 4) is 10.6 Å². The molecule has 2 aromatic heterocycles. The van der Waals surface area contributed by atoms with Crippen molar-refractivity contribution in [3.05, 3.63) is 71.2 Å². The third-order valence-corrected chi connectivity index (χ3v) is 6.33. The van der Waals surface area contributed by atoms with Gasteiger partial charge in [0.2, 0.25) is 5.91 Å². The maximum Gasteiger partial charge on any atom is 0.244 e. The van der Waals surface area contributed by atoms with E-state index >= 15 is 0 Å². The first-order valence-electron chi connectivity index (χ1n) is 11.2. The number of nitrogens with zero attached hydrogens (tertiary/aromatic N) is 3. The van der Waals surface area contributed by atoms with Crippen molar-refractivity contribution in [3.63, 3.8) is 0 Å². The minimum atomic E-state index is -0.0655. The Hall–Kier alpha value is -2.74. The van der Waals surface area contributed by atoms with Crippen molar-refractivity contribution in [2.24, 2.45) is 0 Å². The van der Waals surface area contributed by atoms with Crippen molar-refractivity contribution in [2.75, 3.05) is 39.4 Å². The number of morpholine rings is 1. The van der Waals surface area contributed by atoms with Gasteiger partial charge in [-0.1, -0.05) is 36.4 Å². The summed E-state index contributed by atoms with van der Waals surface area (Å²) in [6, 6.07) is 14.3. The zero-order chi connectivity index (χ0) is 22.0. The lowest BCUT2D eigenvalue weighted by atomic mass is 10.2. The third kappa shape index (κ3) is 6.63. The van der Waals surface area contributed by atoms with Crippen LogP contribution >= 0.6 is 11.3 Å². The van der Waals surface area contributed by atoms with Crippen molar-refractivity contribution < 1.29 is 9.53 Å². The lowest BCUT2D eigenvalue weighted by Crippen LogP contribution is -2.37. The molecule has 3 aromatic rings. The summed E-state index contributed by atoms with van der Waals surface area (Å²) in [6.45, 7) is 6.15. The lowest BCUT2D eigenvalue weighted by Gasteiger charge is -2.26. The van der Waals surface area contributed by atoms with Gasteiger partial charge in [0, 0.05) is 37.5 Å². The molecule has 1 amide bonds. The Balaban J connectivity index is 1.31. The number of carbonyl (C=O) groups is 1. The van der Waals surface area contributed by atoms with E-state index in [1.165, 1.54) is 5.56 Å². The maximum absolute atomic E-state index is 12.3. The van der Waals surface area contributed by atoms with Gasteiger partial charge in [-0.05, 0) is 42.5 Å². The van der Waals surface area contributed by atoms with E-state index in [9.17, 15) is 4.79 Å². The summed E-state index contributed by atoms with van der Waals surface area (Å²) in [5, 5.41) is 9.83. The van der Waals surface area contributed by atoms with Crippen molar-refractivity contribution in [1.29, 1.82) is 0 Å². The zero-order valence-electron chi connectivity index (χ0n) is 18.3. The summed E-state index contributed by atoms with van der Waals surface area (Å²) in [5.74, 6) is -0.0655. The van der Waals surface area contributed by atoms with Crippen LogP contribution in [0.3, 0.4) is 0 Å². The molecule has 0 unspecified atom stereocenters. The molecule has 1 aliphatic rings. The number of hydrogen-bond acceptors (Lipinski definition) is 5. The Kier molecular flexibility index (Phi) is 8.25. The SMILES string of the molecule is O=C(/C=C/c1cn(Cc2ccccc2)nc1-c1cccs1)NCCCCN1CCOCC1. The molecular weight excluding hydrogens is 420 g/mol. The number of aromatic nitrogens is 2. The lowest BCUT2D eigenvalue weighted by molar-refractivity contribution is -0.116. The van der Waals surface area contributed by atoms with Gasteiger partial charge in [0.1, 0.15) is 5.69 Å². The molecule has 0 radical (unpaired) electrons. The van der Waals surface area contributed by atoms with Gasteiger partial charge >= 0.3 is 0 Å². The standard InChI is InChI=1S/C25H30N4O2S/c30-24(26-12-4-5-13-28-14-16-31-17-15-28)11-10-22-20-29(19-21-7-2-1-3-8-21)27-25(22)23-9-6-18-32-23/h1-3,6-11,18,20H,4-5,12-17,19H2,(H,26,30)/b11-10+. The quantitative estimate of drug-likeness (QED) is 0.376. The van der Waals surface area contributed by atoms with Gasteiger partial charge in [0.15, 0.2) is 0 Å². The number of hydrogen-bond donors (Lipinski definition) is 1. The average Bonchev–Trinajstić information content (AvgIpc) is 3.49. The molecule has 0 bridgehead atoms. The van der Waals surface area contributed by atoms with E-state index in [2.05, 4.69) is 28.4 Å². The summed E-state index contributed by atoms with van der Waals surface area (Å²) < 4.78 is 7.31. The van der Waals surface area contributed by atoms with Crippen molar-refractivity contribution >= 4 is 23.3 Å². The molecule has 1 N–H and O–H groups in total. The fraction of sp³-hybridized carbons (Fsp3) is 0.360. The number of nitrogens with one attached hydrogen (secondary N) is 1. The zero-order valence-corrected chi connectivity index (χ0v) is 19.1. The normalized spacial score (nSPS) is 14.8. The predicted molar refractivity (Wildman–Crippen MR) is 130 cm³/mol. The van der Waals surface area contributed by atoms with Crippen LogP contribution in [0.5, 0.6) is 0 Å². The van der Waals surface area contributed by atoms with Gasteiger partial charge in [-0.3, -0.25) is 14.4 Å². The number of unbranched alkanes of at least 4 members (excludes halogenated alkanes) is 1. The van der Waals surface area contributed by atoms with E-state index in [0.29, 0.717) is 13.1 Å².